The van der Waals surface area contributed by atoms with E-state index < -0.39 is 16.1 Å². The van der Waals surface area contributed by atoms with Crippen LogP contribution < -0.4 is 4.74 Å². The van der Waals surface area contributed by atoms with Crippen molar-refractivity contribution in [1.82, 2.24) is 14.1 Å². The summed E-state index contributed by atoms with van der Waals surface area (Å²) in [6, 6.07) is 7.53. The van der Waals surface area contributed by atoms with Gasteiger partial charge in [-0.1, -0.05) is 18.6 Å². The largest absolute Gasteiger partial charge is 0.497 e. The number of hydrogen-bond acceptors (Lipinski definition) is 5. The zero-order valence-electron chi connectivity index (χ0n) is 16.8. The molecule has 0 saturated carbocycles. The zero-order chi connectivity index (χ0) is 20.1. The maximum atomic E-state index is 13.1. The molecule has 0 radical (unpaired) electrons. The SMILES string of the molecule is COc1ccc(CN2CCCN(C(=O)[C@@H]3CCCCN3S(C)(=O)=O)CC2)cc1. The maximum Gasteiger partial charge on any atom is 0.241 e. The van der Waals surface area contributed by atoms with E-state index in [0.29, 0.717) is 26.1 Å². The van der Waals surface area contributed by atoms with Crippen LogP contribution in [-0.4, -0.2) is 80.6 Å². The monoisotopic (exact) mass is 409 g/mol. The molecule has 156 valence electrons. The molecule has 0 N–H and O–H groups in total. The number of methoxy groups -OCH3 is 1. The molecule has 2 heterocycles. The van der Waals surface area contributed by atoms with Crippen molar-refractivity contribution in [3.63, 3.8) is 0 Å². The fourth-order valence-corrected chi connectivity index (χ4v) is 5.22. The number of piperidine rings is 1. The lowest BCUT2D eigenvalue weighted by Gasteiger charge is -2.35. The Morgan fingerprint density at radius 2 is 1.79 bits per heavy atom. The van der Waals surface area contributed by atoms with Crippen LogP contribution in [0.25, 0.3) is 0 Å². The van der Waals surface area contributed by atoms with E-state index in [-0.39, 0.29) is 5.91 Å². The van der Waals surface area contributed by atoms with Crippen molar-refractivity contribution in [1.29, 1.82) is 0 Å². The summed E-state index contributed by atoms with van der Waals surface area (Å²) in [5, 5.41) is 0. The third-order valence-electron chi connectivity index (χ3n) is 5.63. The number of benzene rings is 1. The minimum Gasteiger partial charge on any atom is -0.497 e. The Labute approximate surface area is 168 Å². The molecule has 0 spiro atoms. The summed E-state index contributed by atoms with van der Waals surface area (Å²) in [7, 11) is -1.70. The van der Waals surface area contributed by atoms with Gasteiger partial charge in [0, 0.05) is 39.3 Å². The minimum absolute atomic E-state index is 0.0311. The lowest BCUT2D eigenvalue weighted by atomic mass is 10.0. The number of sulfonamides is 1. The van der Waals surface area contributed by atoms with Crippen LogP contribution >= 0.6 is 0 Å². The van der Waals surface area contributed by atoms with Gasteiger partial charge in [-0.15, -0.1) is 0 Å². The Hall–Kier alpha value is -1.64. The van der Waals surface area contributed by atoms with Crippen molar-refractivity contribution in [3.05, 3.63) is 29.8 Å². The molecule has 0 bridgehead atoms. The summed E-state index contributed by atoms with van der Waals surface area (Å²) in [5.74, 6) is 0.815. The first kappa shape index (κ1) is 21.1. The quantitative estimate of drug-likeness (QED) is 0.738. The molecule has 7 nitrogen and oxygen atoms in total. The van der Waals surface area contributed by atoms with Crippen molar-refractivity contribution in [3.8, 4) is 5.75 Å². The third-order valence-corrected chi connectivity index (χ3v) is 6.92. The van der Waals surface area contributed by atoms with Gasteiger partial charge in [0.15, 0.2) is 0 Å². The highest BCUT2D eigenvalue weighted by Gasteiger charge is 2.37. The number of hydrogen-bond donors (Lipinski definition) is 0. The first-order chi connectivity index (χ1) is 13.4. The van der Waals surface area contributed by atoms with Gasteiger partial charge in [-0.25, -0.2) is 8.42 Å². The second-order valence-electron chi connectivity index (χ2n) is 7.69. The summed E-state index contributed by atoms with van der Waals surface area (Å²) >= 11 is 0. The number of amides is 1. The lowest BCUT2D eigenvalue weighted by molar-refractivity contribution is -0.136. The van der Waals surface area contributed by atoms with Crippen LogP contribution in [0.3, 0.4) is 0 Å². The van der Waals surface area contributed by atoms with Gasteiger partial charge in [-0.3, -0.25) is 9.69 Å². The van der Waals surface area contributed by atoms with Gasteiger partial charge in [0.1, 0.15) is 11.8 Å². The highest BCUT2D eigenvalue weighted by Crippen LogP contribution is 2.22. The molecule has 1 atom stereocenters. The number of ether oxygens (including phenoxy) is 1. The van der Waals surface area contributed by atoms with Crippen LogP contribution in [0.4, 0.5) is 0 Å². The number of rotatable bonds is 5. The Morgan fingerprint density at radius 1 is 1.04 bits per heavy atom. The Morgan fingerprint density at radius 3 is 2.46 bits per heavy atom. The molecular formula is C20H31N3O4S. The molecule has 1 amide bonds. The van der Waals surface area contributed by atoms with Crippen molar-refractivity contribution in [2.45, 2.75) is 38.3 Å². The maximum absolute atomic E-state index is 13.1. The van der Waals surface area contributed by atoms with Gasteiger partial charge in [-0.05, 0) is 37.0 Å². The van der Waals surface area contributed by atoms with Gasteiger partial charge in [-0.2, -0.15) is 4.31 Å². The van der Waals surface area contributed by atoms with Gasteiger partial charge in [0.05, 0.1) is 13.4 Å². The first-order valence-corrected chi connectivity index (χ1v) is 11.8. The molecule has 0 aliphatic carbocycles. The summed E-state index contributed by atoms with van der Waals surface area (Å²) in [4.78, 5) is 17.3. The van der Waals surface area contributed by atoms with Crippen molar-refractivity contribution in [2.24, 2.45) is 0 Å². The molecule has 1 aromatic carbocycles. The lowest BCUT2D eigenvalue weighted by Crippen LogP contribution is -2.53. The summed E-state index contributed by atoms with van der Waals surface area (Å²) < 4.78 is 30.8. The second-order valence-corrected chi connectivity index (χ2v) is 9.62. The molecule has 3 rings (SSSR count). The highest BCUT2D eigenvalue weighted by atomic mass is 32.2. The van der Waals surface area contributed by atoms with Gasteiger partial charge in [0.2, 0.25) is 15.9 Å². The van der Waals surface area contributed by atoms with E-state index in [1.54, 1.807) is 7.11 Å². The molecule has 0 aromatic heterocycles. The summed E-state index contributed by atoms with van der Waals surface area (Å²) in [6.45, 7) is 4.34. The van der Waals surface area contributed by atoms with Crippen LogP contribution in [0.5, 0.6) is 5.75 Å². The van der Waals surface area contributed by atoms with E-state index in [9.17, 15) is 13.2 Å². The smallest absolute Gasteiger partial charge is 0.241 e. The molecular weight excluding hydrogens is 378 g/mol. The molecule has 28 heavy (non-hydrogen) atoms. The molecule has 2 aliphatic heterocycles. The number of carbonyl (C=O) groups is 1. The van der Waals surface area contributed by atoms with Gasteiger partial charge >= 0.3 is 0 Å². The second kappa shape index (κ2) is 9.24. The molecule has 2 aliphatic rings. The number of carbonyl (C=O) groups excluding carboxylic acids is 1. The summed E-state index contributed by atoms with van der Waals surface area (Å²) in [5.41, 5.74) is 1.22. The Kier molecular flexibility index (Phi) is 6.95. The molecule has 0 unspecified atom stereocenters. The van der Waals surface area contributed by atoms with Crippen molar-refractivity contribution in [2.75, 3.05) is 46.1 Å². The fourth-order valence-electron chi connectivity index (χ4n) is 4.10. The first-order valence-electron chi connectivity index (χ1n) is 9.99. The molecule has 8 heteroatoms. The Balaban J connectivity index is 1.60. The average Bonchev–Trinajstić information content (AvgIpc) is 2.93. The predicted octanol–water partition coefficient (Wildman–Crippen LogP) is 1.54. The predicted molar refractivity (Wildman–Crippen MR) is 109 cm³/mol. The Bertz CT molecular complexity index is 766. The van der Waals surface area contributed by atoms with Crippen LogP contribution in [0.2, 0.25) is 0 Å². The van der Waals surface area contributed by atoms with Crippen LogP contribution in [-0.2, 0) is 21.4 Å². The van der Waals surface area contributed by atoms with E-state index in [1.807, 2.05) is 17.0 Å². The standard InChI is InChI=1S/C20H31N3O4S/c1-27-18-9-7-17(8-10-18)16-21-11-5-12-22(15-14-21)20(24)19-6-3-4-13-23(19)28(2,25)26/h7-10,19H,3-6,11-16H2,1-2H3/t19-/m0/s1. The van der Waals surface area contributed by atoms with Crippen molar-refractivity contribution < 1.29 is 17.9 Å². The van der Waals surface area contributed by atoms with E-state index in [0.717, 1.165) is 44.6 Å². The molecule has 2 saturated heterocycles. The number of nitrogens with zero attached hydrogens (tertiary/aromatic N) is 3. The fraction of sp³-hybridized carbons (Fsp3) is 0.650. The average molecular weight is 410 g/mol. The van der Waals surface area contributed by atoms with E-state index >= 15 is 0 Å². The minimum atomic E-state index is -3.36. The summed E-state index contributed by atoms with van der Waals surface area (Å²) in [6.07, 6.45) is 4.45. The topological polar surface area (TPSA) is 70.2 Å². The van der Waals surface area contributed by atoms with Crippen LogP contribution in [0.1, 0.15) is 31.2 Å². The van der Waals surface area contributed by atoms with Gasteiger partial charge < -0.3 is 9.64 Å². The van der Waals surface area contributed by atoms with E-state index in [4.69, 9.17) is 4.74 Å². The van der Waals surface area contributed by atoms with Crippen molar-refractivity contribution >= 4 is 15.9 Å². The van der Waals surface area contributed by atoms with E-state index in [2.05, 4.69) is 17.0 Å². The molecule has 1 aromatic rings. The van der Waals surface area contributed by atoms with E-state index in [1.165, 1.54) is 16.1 Å². The highest BCUT2D eigenvalue weighted by molar-refractivity contribution is 7.88. The third kappa shape index (κ3) is 5.24. The normalized spacial score (nSPS) is 22.6. The molecule has 2 fully saturated rings. The van der Waals surface area contributed by atoms with Crippen LogP contribution in [0, 0.1) is 0 Å². The van der Waals surface area contributed by atoms with Crippen LogP contribution in [0.15, 0.2) is 24.3 Å². The zero-order valence-corrected chi connectivity index (χ0v) is 17.7. The van der Waals surface area contributed by atoms with Gasteiger partial charge in [0.25, 0.3) is 0 Å².